The zero-order valence-electron chi connectivity index (χ0n) is 7.87. The van der Waals surface area contributed by atoms with Crippen LogP contribution in [0, 0.1) is 5.82 Å². The molecule has 4 heteroatoms. The lowest BCUT2D eigenvalue weighted by atomic mass is 10.0. The molecule has 1 aromatic carbocycles. The van der Waals surface area contributed by atoms with Crippen LogP contribution in [0.2, 0.25) is 5.02 Å². The minimum atomic E-state index is -1.00. The monoisotopic (exact) mass is 217 g/mol. The highest BCUT2D eigenvalue weighted by molar-refractivity contribution is 6.30. The number of hydrogen-bond acceptors (Lipinski definition) is 2. The number of nitrogens with two attached hydrogens (primary N) is 1. The molecule has 0 saturated carbocycles. The first-order valence-corrected chi connectivity index (χ1v) is 4.83. The molecular weight excluding hydrogens is 205 g/mol. The van der Waals surface area contributed by atoms with Crippen molar-refractivity contribution < 1.29 is 9.50 Å². The van der Waals surface area contributed by atoms with Crippen LogP contribution in [0.3, 0.4) is 0 Å². The lowest BCUT2D eigenvalue weighted by molar-refractivity contribution is 0.140. The molecule has 0 fully saturated rings. The predicted octanol–water partition coefficient (Wildman–Crippen LogP) is 2.25. The molecule has 14 heavy (non-hydrogen) atoms. The maximum Gasteiger partial charge on any atom is 0.147 e. The summed E-state index contributed by atoms with van der Waals surface area (Å²) >= 11 is 5.58. The van der Waals surface area contributed by atoms with Gasteiger partial charge in [0.15, 0.2) is 0 Å². The van der Waals surface area contributed by atoms with Gasteiger partial charge in [-0.15, -0.1) is 0 Å². The summed E-state index contributed by atoms with van der Waals surface area (Å²) in [4.78, 5) is 0. The standard InChI is InChI=1S/C10H13ClFNO/c1-2-8(13)10(14)6-4-3-5-7(11)9(6)12/h3-5,8,10,14H,2,13H2,1H3/t8-,10-/m0/s1. The van der Waals surface area contributed by atoms with Crippen molar-refractivity contribution in [2.45, 2.75) is 25.5 Å². The van der Waals surface area contributed by atoms with Crippen molar-refractivity contribution in [2.24, 2.45) is 5.73 Å². The average Bonchev–Trinajstić information content (AvgIpc) is 2.20. The molecule has 0 heterocycles. The Labute approximate surface area is 87.5 Å². The van der Waals surface area contributed by atoms with Crippen LogP contribution in [0.1, 0.15) is 25.0 Å². The Hall–Kier alpha value is -0.640. The summed E-state index contributed by atoms with van der Waals surface area (Å²) in [7, 11) is 0. The first kappa shape index (κ1) is 11.4. The second kappa shape index (κ2) is 4.73. The zero-order valence-corrected chi connectivity index (χ0v) is 8.63. The largest absolute Gasteiger partial charge is 0.387 e. The van der Waals surface area contributed by atoms with Crippen molar-refractivity contribution in [3.63, 3.8) is 0 Å². The van der Waals surface area contributed by atoms with Crippen LogP contribution in [0.4, 0.5) is 4.39 Å². The normalized spacial score (nSPS) is 15.2. The van der Waals surface area contributed by atoms with Crippen LogP contribution >= 0.6 is 11.6 Å². The molecule has 1 rings (SSSR count). The fourth-order valence-electron chi connectivity index (χ4n) is 1.20. The number of aliphatic hydroxyl groups excluding tert-OH is 1. The molecule has 78 valence electrons. The SMILES string of the molecule is CC[C@H](N)[C@@H](O)c1cccc(Cl)c1F. The van der Waals surface area contributed by atoms with Crippen molar-refractivity contribution >= 4 is 11.6 Å². The summed E-state index contributed by atoms with van der Waals surface area (Å²) in [6.45, 7) is 1.83. The van der Waals surface area contributed by atoms with Gasteiger partial charge in [-0.05, 0) is 12.5 Å². The van der Waals surface area contributed by atoms with E-state index in [9.17, 15) is 9.50 Å². The van der Waals surface area contributed by atoms with Crippen molar-refractivity contribution in [3.05, 3.63) is 34.6 Å². The van der Waals surface area contributed by atoms with Gasteiger partial charge >= 0.3 is 0 Å². The van der Waals surface area contributed by atoms with Crippen LogP contribution in [-0.2, 0) is 0 Å². The van der Waals surface area contributed by atoms with Crippen molar-refractivity contribution in [1.82, 2.24) is 0 Å². The van der Waals surface area contributed by atoms with E-state index in [-0.39, 0.29) is 10.6 Å². The summed E-state index contributed by atoms with van der Waals surface area (Å²) in [5, 5.41) is 9.68. The summed E-state index contributed by atoms with van der Waals surface area (Å²) in [5.41, 5.74) is 5.77. The van der Waals surface area contributed by atoms with Gasteiger partial charge in [-0.3, -0.25) is 0 Å². The van der Waals surface area contributed by atoms with Gasteiger partial charge in [0.2, 0.25) is 0 Å². The molecule has 2 atom stereocenters. The van der Waals surface area contributed by atoms with E-state index in [0.29, 0.717) is 6.42 Å². The van der Waals surface area contributed by atoms with Crippen molar-refractivity contribution in [3.8, 4) is 0 Å². The summed E-state index contributed by atoms with van der Waals surface area (Å²) in [6.07, 6.45) is -0.425. The van der Waals surface area contributed by atoms with Gasteiger partial charge in [-0.1, -0.05) is 30.7 Å². The van der Waals surface area contributed by atoms with E-state index < -0.39 is 18.0 Å². The third kappa shape index (κ3) is 2.23. The fourth-order valence-corrected chi connectivity index (χ4v) is 1.38. The maximum atomic E-state index is 13.4. The number of rotatable bonds is 3. The van der Waals surface area contributed by atoms with Crippen LogP contribution in [0.25, 0.3) is 0 Å². The zero-order chi connectivity index (χ0) is 10.7. The average molecular weight is 218 g/mol. The van der Waals surface area contributed by atoms with Gasteiger partial charge < -0.3 is 10.8 Å². The third-order valence-corrected chi connectivity index (χ3v) is 2.47. The molecule has 0 aliphatic carbocycles. The smallest absolute Gasteiger partial charge is 0.147 e. The van der Waals surface area contributed by atoms with Crippen molar-refractivity contribution in [1.29, 1.82) is 0 Å². The Morgan fingerprint density at radius 2 is 2.21 bits per heavy atom. The van der Waals surface area contributed by atoms with E-state index in [2.05, 4.69) is 0 Å². The molecule has 0 saturated heterocycles. The van der Waals surface area contributed by atoms with E-state index in [1.807, 2.05) is 6.92 Å². The van der Waals surface area contributed by atoms with Crippen LogP contribution < -0.4 is 5.73 Å². The Kier molecular flexibility index (Phi) is 3.86. The molecule has 0 aliphatic rings. The lowest BCUT2D eigenvalue weighted by Gasteiger charge is -2.18. The van der Waals surface area contributed by atoms with E-state index in [4.69, 9.17) is 17.3 Å². The minimum absolute atomic E-state index is 0.00449. The molecule has 0 radical (unpaired) electrons. The number of hydrogen-bond donors (Lipinski definition) is 2. The summed E-state index contributed by atoms with van der Waals surface area (Å²) in [5.74, 6) is -0.592. The molecule has 0 unspecified atom stereocenters. The molecule has 0 aliphatic heterocycles. The fraction of sp³-hybridized carbons (Fsp3) is 0.400. The van der Waals surface area contributed by atoms with Crippen LogP contribution in [0.15, 0.2) is 18.2 Å². The van der Waals surface area contributed by atoms with Gasteiger partial charge in [0.1, 0.15) is 5.82 Å². The lowest BCUT2D eigenvalue weighted by Crippen LogP contribution is -2.28. The van der Waals surface area contributed by atoms with Gasteiger partial charge in [0.05, 0.1) is 11.1 Å². The number of benzene rings is 1. The summed E-state index contributed by atoms with van der Waals surface area (Å²) in [6, 6.07) is 4.04. The van der Waals surface area contributed by atoms with Gasteiger partial charge in [0.25, 0.3) is 0 Å². The second-order valence-corrected chi connectivity index (χ2v) is 3.57. The van der Waals surface area contributed by atoms with Crippen LogP contribution in [-0.4, -0.2) is 11.1 Å². The Bertz CT molecular complexity index is 319. The first-order valence-electron chi connectivity index (χ1n) is 4.45. The third-order valence-electron chi connectivity index (χ3n) is 2.18. The van der Waals surface area contributed by atoms with Crippen LogP contribution in [0.5, 0.6) is 0 Å². The highest BCUT2D eigenvalue weighted by atomic mass is 35.5. The summed E-state index contributed by atoms with van der Waals surface area (Å²) < 4.78 is 13.4. The van der Waals surface area contributed by atoms with Gasteiger partial charge in [0, 0.05) is 11.6 Å². The Balaban J connectivity index is 3.01. The Morgan fingerprint density at radius 3 is 2.79 bits per heavy atom. The van der Waals surface area contributed by atoms with E-state index in [0.717, 1.165) is 0 Å². The minimum Gasteiger partial charge on any atom is -0.387 e. The molecule has 0 aromatic heterocycles. The predicted molar refractivity (Wildman–Crippen MR) is 54.6 cm³/mol. The molecule has 2 nitrogen and oxygen atoms in total. The topological polar surface area (TPSA) is 46.2 Å². The number of halogens is 2. The van der Waals surface area contributed by atoms with Gasteiger partial charge in [-0.2, -0.15) is 0 Å². The first-order chi connectivity index (χ1) is 6.57. The Morgan fingerprint density at radius 1 is 1.57 bits per heavy atom. The van der Waals surface area contributed by atoms with Gasteiger partial charge in [-0.25, -0.2) is 4.39 Å². The molecule has 0 spiro atoms. The molecule has 0 amide bonds. The van der Waals surface area contributed by atoms with E-state index >= 15 is 0 Å². The number of aliphatic hydroxyl groups is 1. The molecule has 0 bridgehead atoms. The molecule has 1 aromatic rings. The maximum absolute atomic E-state index is 13.4. The molecular formula is C10H13ClFNO. The molecule has 3 N–H and O–H groups in total. The highest BCUT2D eigenvalue weighted by Gasteiger charge is 2.19. The quantitative estimate of drug-likeness (QED) is 0.816. The van der Waals surface area contributed by atoms with Crippen molar-refractivity contribution in [2.75, 3.05) is 0 Å². The second-order valence-electron chi connectivity index (χ2n) is 3.16. The van der Waals surface area contributed by atoms with E-state index in [1.165, 1.54) is 12.1 Å². The van der Waals surface area contributed by atoms with E-state index in [1.54, 1.807) is 6.07 Å². The highest BCUT2D eigenvalue weighted by Crippen LogP contribution is 2.25.